The van der Waals surface area contributed by atoms with E-state index in [0.29, 0.717) is 11.8 Å². The summed E-state index contributed by atoms with van der Waals surface area (Å²) in [6.45, 7) is 2.16. The highest BCUT2D eigenvalue weighted by Crippen LogP contribution is 2.49. The van der Waals surface area contributed by atoms with Crippen molar-refractivity contribution in [3.8, 4) is 5.75 Å². The molecule has 1 saturated carbocycles. The van der Waals surface area contributed by atoms with Crippen LogP contribution in [-0.2, 0) is 11.2 Å². The quantitative estimate of drug-likeness (QED) is 0.659. The predicted molar refractivity (Wildman–Crippen MR) is 102 cm³/mol. The Bertz CT molecular complexity index is 677. The lowest BCUT2D eigenvalue weighted by molar-refractivity contribution is -0.120. The van der Waals surface area contributed by atoms with Gasteiger partial charge >= 0.3 is 0 Å². The monoisotopic (exact) mass is 336 g/mol. The van der Waals surface area contributed by atoms with Crippen LogP contribution in [-0.4, -0.2) is 13.4 Å². The molecule has 0 spiro atoms. The molecular weight excluding hydrogens is 308 g/mol. The molecule has 2 heteroatoms. The number of benzene rings is 2. The predicted octanol–water partition coefficient (Wildman–Crippen LogP) is 5.42. The highest BCUT2D eigenvalue weighted by Gasteiger charge is 2.42. The van der Waals surface area contributed by atoms with Crippen molar-refractivity contribution >= 4 is 6.29 Å². The van der Waals surface area contributed by atoms with Gasteiger partial charge in [-0.05, 0) is 60.8 Å². The summed E-state index contributed by atoms with van der Waals surface area (Å²) in [5.74, 6) is 1.71. The second-order valence-corrected chi connectivity index (χ2v) is 7.53. The van der Waals surface area contributed by atoms with Gasteiger partial charge in [0.1, 0.15) is 12.0 Å². The number of carbonyl (C=O) groups excluding carboxylic acids is 1. The van der Waals surface area contributed by atoms with Crippen LogP contribution >= 0.6 is 0 Å². The van der Waals surface area contributed by atoms with Crippen LogP contribution in [0.1, 0.15) is 49.7 Å². The molecule has 0 aliphatic heterocycles. The van der Waals surface area contributed by atoms with Crippen LogP contribution in [0.25, 0.3) is 0 Å². The zero-order valence-corrected chi connectivity index (χ0v) is 15.3. The van der Waals surface area contributed by atoms with Crippen molar-refractivity contribution in [2.75, 3.05) is 7.11 Å². The molecule has 3 rings (SSSR count). The highest BCUT2D eigenvalue weighted by atomic mass is 16.5. The van der Waals surface area contributed by atoms with Gasteiger partial charge in [0.15, 0.2) is 0 Å². The molecule has 132 valence electrons. The molecule has 3 atom stereocenters. The maximum Gasteiger partial charge on any atom is 0.126 e. The molecule has 0 aromatic heterocycles. The number of hydrogen-bond acceptors (Lipinski definition) is 2. The van der Waals surface area contributed by atoms with E-state index >= 15 is 0 Å². The Morgan fingerprint density at radius 1 is 1.12 bits per heavy atom. The maximum atomic E-state index is 12.0. The summed E-state index contributed by atoms with van der Waals surface area (Å²) in [6.07, 6.45) is 6.58. The summed E-state index contributed by atoms with van der Waals surface area (Å²) in [5, 5.41) is 0. The molecule has 1 fully saturated rings. The van der Waals surface area contributed by atoms with Crippen LogP contribution in [0.3, 0.4) is 0 Å². The molecule has 0 N–H and O–H groups in total. The largest absolute Gasteiger partial charge is 0.497 e. The van der Waals surface area contributed by atoms with Gasteiger partial charge < -0.3 is 9.53 Å². The van der Waals surface area contributed by atoms with Crippen molar-refractivity contribution in [2.24, 2.45) is 11.3 Å². The van der Waals surface area contributed by atoms with E-state index in [2.05, 4.69) is 49.4 Å². The normalized spacial score (nSPS) is 26.2. The fraction of sp³-hybridized carbons (Fsp3) is 0.435. The number of methoxy groups -OCH3 is 1. The number of ether oxygens (including phenoxy) is 1. The Morgan fingerprint density at radius 3 is 2.48 bits per heavy atom. The lowest BCUT2D eigenvalue weighted by Gasteiger charge is -2.43. The minimum atomic E-state index is -0.225. The van der Waals surface area contributed by atoms with Crippen molar-refractivity contribution in [3.05, 3.63) is 65.7 Å². The van der Waals surface area contributed by atoms with Crippen LogP contribution in [0.15, 0.2) is 54.6 Å². The molecule has 0 bridgehead atoms. The van der Waals surface area contributed by atoms with Gasteiger partial charge in [0.2, 0.25) is 0 Å². The number of carbonyl (C=O) groups is 1. The van der Waals surface area contributed by atoms with Crippen LogP contribution in [0.5, 0.6) is 5.75 Å². The lowest BCUT2D eigenvalue weighted by atomic mass is 9.60. The Balaban J connectivity index is 1.84. The average molecular weight is 336 g/mol. The number of rotatable bonds is 6. The second kappa shape index (κ2) is 7.86. The molecule has 0 saturated heterocycles. The fourth-order valence-electron chi connectivity index (χ4n) is 4.44. The van der Waals surface area contributed by atoms with Gasteiger partial charge in [0.25, 0.3) is 0 Å². The van der Waals surface area contributed by atoms with E-state index in [4.69, 9.17) is 4.74 Å². The van der Waals surface area contributed by atoms with Crippen molar-refractivity contribution in [1.29, 1.82) is 0 Å². The number of aryl methyl sites for hydroxylation is 1. The number of aldehydes is 1. The van der Waals surface area contributed by atoms with Gasteiger partial charge in [-0.3, -0.25) is 0 Å². The summed E-state index contributed by atoms with van der Waals surface area (Å²) in [6, 6.07) is 19.0. The Labute approximate surface area is 151 Å². The van der Waals surface area contributed by atoms with Gasteiger partial charge in [0.05, 0.1) is 7.11 Å². The Morgan fingerprint density at radius 2 is 1.84 bits per heavy atom. The van der Waals surface area contributed by atoms with E-state index in [1.54, 1.807) is 7.11 Å². The van der Waals surface area contributed by atoms with Gasteiger partial charge in [-0.1, -0.05) is 55.8 Å². The van der Waals surface area contributed by atoms with Crippen molar-refractivity contribution in [1.82, 2.24) is 0 Å². The summed E-state index contributed by atoms with van der Waals surface area (Å²) >= 11 is 0. The highest BCUT2D eigenvalue weighted by molar-refractivity contribution is 5.60. The van der Waals surface area contributed by atoms with Crippen LogP contribution in [0.2, 0.25) is 0 Å². The molecule has 1 aliphatic carbocycles. The first-order chi connectivity index (χ1) is 12.2. The van der Waals surface area contributed by atoms with E-state index in [1.807, 2.05) is 12.1 Å². The first-order valence-corrected chi connectivity index (χ1v) is 9.30. The van der Waals surface area contributed by atoms with Gasteiger partial charge in [-0.15, -0.1) is 0 Å². The van der Waals surface area contributed by atoms with Crippen LogP contribution in [0.4, 0.5) is 0 Å². The smallest absolute Gasteiger partial charge is 0.126 e. The third kappa shape index (κ3) is 3.95. The van der Waals surface area contributed by atoms with E-state index in [1.165, 1.54) is 17.4 Å². The van der Waals surface area contributed by atoms with Crippen molar-refractivity contribution in [3.63, 3.8) is 0 Å². The molecule has 0 unspecified atom stereocenters. The van der Waals surface area contributed by atoms with E-state index in [0.717, 1.165) is 37.9 Å². The van der Waals surface area contributed by atoms with Crippen molar-refractivity contribution in [2.45, 2.75) is 44.9 Å². The molecule has 0 radical (unpaired) electrons. The average Bonchev–Trinajstić information content (AvgIpc) is 2.68. The molecule has 1 aliphatic rings. The van der Waals surface area contributed by atoms with Gasteiger partial charge in [0, 0.05) is 5.41 Å². The molecule has 2 aromatic rings. The fourth-order valence-corrected chi connectivity index (χ4v) is 4.44. The minimum Gasteiger partial charge on any atom is -0.497 e. The van der Waals surface area contributed by atoms with E-state index < -0.39 is 0 Å². The van der Waals surface area contributed by atoms with Crippen LogP contribution in [0, 0.1) is 11.3 Å². The summed E-state index contributed by atoms with van der Waals surface area (Å²) in [5.41, 5.74) is 2.47. The third-order valence-electron chi connectivity index (χ3n) is 5.96. The van der Waals surface area contributed by atoms with Crippen LogP contribution < -0.4 is 4.74 Å². The molecule has 0 amide bonds. The van der Waals surface area contributed by atoms with E-state index in [-0.39, 0.29) is 5.41 Å². The maximum absolute atomic E-state index is 12.0. The minimum absolute atomic E-state index is 0.225. The van der Waals surface area contributed by atoms with Gasteiger partial charge in [-0.2, -0.15) is 0 Å². The standard InChI is InChI=1S/C23H28O2/c1-23(17-24)16-6-9-21(19-11-13-20(25-2)14-12-19)22(23)15-10-18-7-4-3-5-8-18/h3-5,7-8,11-14,17,21-22H,6,9-10,15-16H2,1-2H3/t21-,22-,23-/m1/s1. The molecular formula is C23H28O2. The Kier molecular flexibility index (Phi) is 5.57. The number of hydrogen-bond donors (Lipinski definition) is 0. The summed E-state index contributed by atoms with van der Waals surface area (Å²) in [4.78, 5) is 12.0. The topological polar surface area (TPSA) is 26.3 Å². The molecule has 2 aromatic carbocycles. The Hall–Kier alpha value is -2.09. The molecule has 0 heterocycles. The third-order valence-corrected chi connectivity index (χ3v) is 5.96. The van der Waals surface area contributed by atoms with Gasteiger partial charge in [-0.25, -0.2) is 0 Å². The SMILES string of the molecule is COc1ccc([C@H]2CCC[C@](C)(C=O)[C@@H]2CCc2ccccc2)cc1. The zero-order chi connectivity index (χ0) is 17.7. The van der Waals surface area contributed by atoms with E-state index in [9.17, 15) is 4.79 Å². The summed E-state index contributed by atoms with van der Waals surface area (Å²) in [7, 11) is 1.70. The molecule has 25 heavy (non-hydrogen) atoms. The second-order valence-electron chi connectivity index (χ2n) is 7.53. The summed E-state index contributed by atoms with van der Waals surface area (Å²) < 4.78 is 5.29. The lowest BCUT2D eigenvalue weighted by Crippen LogP contribution is -2.37. The molecule has 2 nitrogen and oxygen atoms in total. The first kappa shape index (κ1) is 17.7. The zero-order valence-electron chi connectivity index (χ0n) is 15.3. The van der Waals surface area contributed by atoms with Crippen molar-refractivity contribution < 1.29 is 9.53 Å². The first-order valence-electron chi connectivity index (χ1n) is 9.30.